The Morgan fingerprint density at radius 2 is 2.08 bits per heavy atom. The van der Waals surface area contributed by atoms with Crippen LogP contribution in [0.2, 0.25) is 5.02 Å². The summed E-state index contributed by atoms with van der Waals surface area (Å²) in [5.74, 6) is 0.618. The van der Waals surface area contributed by atoms with Gasteiger partial charge >= 0.3 is 0 Å². The van der Waals surface area contributed by atoms with Gasteiger partial charge < -0.3 is 10.7 Å². The summed E-state index contributed by atoms with van der Waals surface area (Å²) in [6, 6.07) is 15.8. The number of anilines is 3. The molecule has 0 bridgehead atoms. The number of benzene rings is 2. The second-order valence-corrected chi connectivity index (χ2v) is 11.8. The number of nitrogen functional groups attached to an aromatic ring is 1. The summed E-state index contributed by atoms with van der Waals surface area (Å²) in [4.78, 5) is 32.8. The zero-order valence-corrected chi connectivity index (χ0v) is 23.5. The maximum Gasteiger partial charge on any atom is 0.271 e. The van der Waals surface area contributed by atoms with Crippen molar-refractivity contribution >= 4 is 92.8 Å². The molecule has 4 aromatic rings. The fourth-order valence-corrected chi connectivity index (χ4v) is 6.13. The lowest BCUT2D eigenvalue weighted by atomic mass is 10.1. The summed E-state index contributed by atoms with van der Waals surface area (Å²) < 4.78 is 0.483. The molecular formula is C25H22ClN5O2S4. The van der Waals surface area contributed by atoms with E-state index in [0.717, 1.165) is 28.2 Å². The molecule has 1 unspecified atom stereocenters. The lowest BCUT2D eigenvalue weighted by Gasteiger charge is -2.23. The minimum atomic E-state index is -0.292. The molecule has 0 spiro atoms. The molecule has 190 valence electrons. The normalized spacial score (nSPS) is 15.0. The summed E-state index contributed by atoms with van der Waals surface area (Å²) in [5, 5.41) is 5.59. The van der Waals surface area contributed by atoms with Gasteiger partial charge in [0.1, 0.15) is 16.1 Å². The van der Waals surface area contributed by atoms with E-state index in [1.165, 1.54) is 11.3 Å². The maximum absolute atomic E-state index is 12.3. The number of aromatic amines is 1. The molecule has 0 radical (unpaired) electrons. The molecule has 12 heteroatoms. The van der Waals surface area contributed by atoms with E-state index in [2.05, 4.69) is 27.4 Å². The maximum atomic E-state index is 12.3. The number of hydrogen-bond acceptors (Lipinski definition) is 8. The van der Waals surface area contributed by atoms with Crippen LogP contribution in [-0.2, 0) is 4.79 Å². The van der Waals surface area contributed by atoms with Crippen LogP contribution in [0.4, 0.5) is 16.6 Å². The van der Waals surface area contributed by atoms with Crippen molar-refractivity contribution in [2.75, 3.05) is 21.7 Å². The second kappa shape index (κ2) is 12.5. The van der Waals surface area contributed by atoms with Gasteiger partial charge in [-0.2, -0.15) is 0 Å². The average molecular weight is 588 g/mol. The SMILES string of the molecule is Cc1ccc(Cl)cc1N1C(=O)CSC1/C=C/c1ccccc1.Nc1[nH]c(=S)sc1C(=O)Nc1nccs1. The minimum Gasteiger partial charge on any atom is -0.384 e. The lowest BCUT2D eigenvalue weighted by Crippen LogP contribution is -2.32. The Morgan fingerprint density at radius 3 is 2.76 bits per heavy atom. The van der Waals surface area contributed by atoms with Crippen molar-refractivity contribution in [2.24, 2.45) is 0 Å². The first-order valence-corrected chi connectivity index (χ1v) is 14.5. The van der Waals surface area contributed by atoms with Crippen molar-refractivity contribution in [2.45, 2.75) is 12.3 Å². The summed E-state index contributed by atoms with van der Waals surface area (Å²) in [6.07, 6.45) is 5.75. The summed E-state index contributed by atoms with van der Waals surface area (Å²) in [7, 11) is 0. The van der Waals surface area contributed by atoms with E-state index in [9.17, 15) is 9.59 Å². The van der Waals surface area contributed by atoms with Crippen LogP contribution in [0.5, 0.6) is 0 Å². The molecule has 37 heavy (non-hydrogen) atoms. The highest BCUT2D eigenvalue weighted by Crippen LogP contribution is 2.35. The molecular weight excluding hydrogens is 566 g/mol. The van der Waals surface area contributed by atoms with Gasteiger partial charge in [-0.3, -0.25) is 19.8 Å². The van der Waals surface area contributed by atoms with Crippen LogP contribution in [0, 0.1) is 10.9 Å². The number of nitrogens with two attached hydrogens (primary N) is 1. The van der Waals surface area contributed by atoms with Gasteiger partial charge in [-0.25, -0.2) is 4.98 Å². The predicted molar refractivity (Wildman–Crippen MR) is 159 cm³/mol. The molecule has 0 aliphatic carbocycles. The number of H-pyrrole nitrogens is 1. The van der Waals surface area contributed by atoms with Crippen molar-refractivity contribution < 1.29 is 9.59 Å². The fourth-order valence-electron chi connectivity index (χ4n) is 3.40. The number of nitrogens with one attached hydrogen (secondary N) is 2. The molecule has 3 heterocycles. The molecule has 7 nitrogen and oxygen atoms in total. The molecule has 1 saturated heterocycles. The molecule has 5 rings (SSSR count). The van der Waals surface area contributed by atoms with Crippen LogP contribution in [0.15, 0.2) is 66.2 Å². The fraction of sp³-hybridized carbons (Fsp3) is 0.120. The summed E-state index contributed by atoms with van der Waals surface area (Å²) in [6.45, 7) is 2.00. The van der Waals surface area contributed by atoms with Crippen LogP contribution in [0.3, 0.4) is 0 Å². The number of nitrogens with zero attached hydrogens (tertiary/aromatic N) is 2. The van der Waals surface area contributed by atoms with Gasteiger partial charge in [0.2, 0.25) is 5.91 Å². The number of thioether (sulfide) groups is 1. The van der Waals surface area contributed by atoms with Gasteiger partial charge in [0, 0.05) is 22.3 Å². The van der Waals surface area contributed by atoms with Gasteiger partial charge in [0.25, 0.3) is 5.91 Å². The first kappa shape index (κ1) is 27.1. The molecule has 1 atom stereocenters. The number of aromatic nitrogens is 2. The molecule has 4 N–H and O–H groups in total. The monoisotopic (exact) mass is 587 g/mol. The Morgan fingerprint density at radius 1 is 1.30 bits per heavy atom. The van der Waals surface area contributed by atoms with Crippen molar-refractivity contribution in [3.63, 3.8) is 0 Å². The van der Waals surface area contributed by atoms with Crippen molar-refractivity contribution in [3.8, 4) is 0 Å². The van der Waals surface area contributed by atoms with E-state index in [4.69, 9.17) is 29.6 Å². The Bertz CT molecular complexity index is 1470. The number of carbonyl (C=O) groups excluding carboxylic acids is 2. The standard InChI is InChI=1S/C18H16ClNOS.C7H6N4OS3/c1-13-7-9-15(19)11-16(13)20-17(21)12-22-18(20)10-8-14-5-3-2-4-6-14;8-4-3(15-7(13)10-4)5(12)11-6-9-1-2-14-6/h2-11,18H,12H2,1H3;1-2H,8H2,(H,10,13)(H,9,11,12)/b10-8+;. The molecule has 1 fully saturated rings. The highest BCUT2D eigenvalue weighted by atomic mass is 35.5. The first-order chi connectivity index (χ1) is 17.8. The minimum absolute atomic E-state index is 0.00451. The Kier molecular flexibility index (Phi) is 9.17. The highest BCUT2D eigenvalue weighted by Gasteiger charge is 2.32. The first-order valence-electron chi connectivity index (χ1n) is 10.9. The summed E-state index contributed by atoms with van der Waals surface area (Å²) >= 11 is 15.1. The van der Waals surface area contributed by atoms with Crippen molar-refractivity contribution in [1.29, 1.82) is 0 Å². The predicted octanol–water partition coefficient (Wildman–Crippen LogP) is 6.86. The van der Waals surface area contributed by atoms with Crippen LogP contribution in [0.1, 0.15) is 20.8 Å². The molecule has 1 aliphatic rings. The largest absolute Gasteiger partial charge is 0.384 e. The van der Waals surface area contributed by atoms with E-state index in [0.29, 0.717) is 30.6 Å². The lowest BCUT2D eigenvalue weighted by molar-refractivity contribution is -0.115. The smallest absolute Gasteiger partial charge is 0.271 e. The zero-order chi connectivity index (χ0) is 26.4. The third kappa shape index (κ3) is 7.08. The molecule has 2 amide bonds. The average Bonchev–Trinajstić information content (AvgIpc) is 3.61. The zero-order valence-electron chi connectivity index (χ0n) is 19.5. The topological polar surface area (TPSA) is 104 Å². The Balaban J connectivity index is 0.000000186. The van der Waals surface area contributed by atoms with Crippen LogP contribution >= 0.6 is 58.3 Å². The Labute approximate surface area is 236 Å². The van der Waals surface area contributed by atoms with E-state index in [-0.39, 0.29) is 17.2 Å². The van der Waals surface area contributed by atoms with E-state index in [1.807, 2.05) is 60.4 Å². The van der Waals surface area contributed by atoms with Crippen LogP contribution < -0.4 is 16.0 Å². The number of carbonyl (C=O) groups is 2. The number of hydrogen-bond donors (Lipinski definition) is 3. The third-order valence-corrected chi connectivity index (χ3v) is 8.42. The summed E-state index contributed by atoms with van der Waals surface area (Å²) in [5.41, 5.74) is 8.66. The van der Waals surface area contributed by atoms with Crippen molar-refractivity contribution in [1.82, 2.24) is 9.97 Å². The number of halogens is 1. The van der Waals surface area contributed by atoms with E-state index < -0.39 is 0 Å². The Hall–Kier alpha value is -2.96. The number of thiazole rings is 2. The van der Waals surface area contributed by atoms with E-state index in [1.54, 1.807) is 23.3 Å². The number of amides is 2. The van der Waals surface area contributed by atoms with Crippen LogP contribution in [0.25, 0.3) is 6.08 Å². The van der Waals surface area contributed by atoms with Gasteiger partial charge in [-0.15, -0.1) is 23.1 Å². The van der Waals surface area contributed by atoms with Crippen LogP contribution in [-0.4, -0.2) is 32.9 Å². The van der Waals surface area contributed by atoms with Crippen molar-refractivity contribution in [3.05, 3.63) is 91.2 Å². The van der Waals surface area contributed by atoms with Gasteiger partial charge in [0.05, 0.1) is 5.75 Å². The van der Waals surface area contributed by atoms with Gasteiger partial charge in [-0.05, 0) is 42.4 Å². The second-order valence-electron chi connectivity index (χ2n) is 7.71. The third-order valence-electron chi connectivity index (χ3n) is 5.12. The molecule has 2 aromatic heterocycles. The quantitative estimate of drug-likeness (QED) is 0.220. The number of aryl methyl sites for hydroxylation is 1. The number of rotatable bonds is 5. The van der Waals surface area contributed by atoms with Gasteiger partial charge in [-0.1, -0.05) is 71.5 Å². The van der Waals surface area contributed by atoms with Gasteiger partial charge in [0.15, 0.2) is 9.09 Å². The molecule has 0 saturated carbocycles. The van der Waals surface area contributed by atoms with E-state index >= 15 is 0 Å². The molecule has 1 aliphatic heterocycles. The highest BCUT2D eigenvalue weighted by molar-refractivity contribution is 8.01. The molecule has 2 aromatic carbocycles.